The van der Waals surface area contributed by atoms with E-state index in [0.29, 0.717) is 6.42 Å². The van der Waals surface area contributed by atoms with Gasteiger partial charge in [-0.1, -0.05) is 6.92 Å². The fraction of sp³-hybridized carbons (Fsp3) is 0.455. The van der Waals surface area contributed by atoms with E-state index >= 15 is 0 Å². The van der Waals surface area contributed by atoms with Crippen LogP contribution >= 0.6 is 0 Å². The normalized spacial score (nSPS) is 14.6. The number of nitro benzene ring substituents is 1. The van der Waals surface area contributed by atoms with Crippen molar-refractivity contribution in [3.63, 3.8) is 0 Å². The molecule has 0 bridgehead atoms. The Morgan fingerprint density at radius 2 is 2.10 bits per heavy atom. The predicted octanol–water partition coefficient (Wildman–Crippen LogP) is 0.612. The number of nitrogens with two attached hydrogens (primary N) is 1. The van der Waals surface area contributed by atoms with Gasteiger partial charge in [-0.15, -0.1) is 0 Å². The van der Waals surface area contributed by atoms with Gasteiger partial charge in [0.2, 0.25) is 10.0 Å². The van der Waals surface area contributed by atoms with E-state index in [1.165, 1.54) is 12.1 Å². The van der Waals surface area contributed by atoms with Gasteiger partial charge in [0.1, 0.15) is 5.69 Å². The molecule has 0 radical (unpaired) electrons. The fourth-order valence-electron chi connectivity index (χ4n) is 1.49. The van der Waals surface area contributed by atoms with E-state index in [4.69, 9.17) is 5.73 Å². The summed E-state index contributed by atoms with van der Waals surface area (Å²) in [6.45, 7) is 1.85. The highest BCUT2D eigenvalue weighted by atomic mass is 32.2. The van der Waals surface area contributed by atoms with Gasteiger partial charge in [0.25, 0.3) is 5.69 Å². The molecule has 1 aromatic carbocycles. The van der Waals surface area contributed by atoms with E-state index < -0.39 is 31.4 Å². The molecule has 8 nitrogen and oxygen atoms in total. The van der Waals surface area contributed by atoms with E-state index in [1.807, 2.05) is 0 Å². The molecule has 21 heavy (non-hydrogen) atoms. The summed E-state index contributed by atoms with van der Waals surface area (Å²) in [6.07, 6.45) is 1.95. The zero-order chi connectivity index (χ0) is 16.2. The Morgan fingerprint density at radius 3 is 2.62 bits per heavy atom. The average Bonchev–Trinajstić information content (AvgIpc) is 2.38. The van der Waals surface area contributed by atoms with Crippen LogP contribution in [0.15, 0.2) is 23.1 Å². The summed E-state index contributed by atoms with van der Waals surface area (Å²) in [5, 5.41) is 10.6. The SMILES string of the molecule is CC(CCNS(=O)(=O)c1ccc(N)c([N+](=O)[O-])c1)S(C)=O. The lowest BCUT2D eigenvalue weighted by Crippen LogP contribution is -2.27. The summed E-state index contributed by atoms with van der Waals surface area (Å²) >= 11 is 0. The van der Waals surface area contributed by atoms with Gasteiger partial charge in [0.15, 0.2) is 0 Å². The lowest BCUT2D eigenvalue weighted by molar-refractivity contribution is -0.384. The standard InChI is InChI=1S/C11H17N3O5S2/c1-8(20(2)17)5-6-13-21(18,19)9-3-4-10(12)11(7-9)14(15)16/h3-4,7-8,13H,5-6,12H2,1-2H3. The lowest BCUT2D eigenvalue weighted by Gasteiger charge is -2.10. The molecule has 0 aromatic heterocycles. The Morgan fingerprint density at radius 1 is 1.48 bits per heavy atom. The molecular formula is C11H17N3O5S2. The fourth-order valence-corrected chi connectivity index (χ4v) is 3.01. The molecule has 1 aromatic rings. The second-order valence-corrected chi connectivity index (χ2v) is 8.04. The molecule has 0 fully saturated rings. The van der Waals surface area contributed by atoms with E-state index in [9.17, 15) is 22.7 Å². The number of nitro groups is 1. The minimum absolute atomic E-state index is 0.0985. The van der Waals surface area contributed by atoms with Crippen LogP contribution in [0.3, 0.4) is 0 Å². The van der Waals surface area contributed by atoms with Crippen LogP contribution in [0.2, 0.25) is 0 Å². The number of benzene rings is 1. The van der Waals surface area contributed by atoms with E-state index in [1.54, 1.807) is 13.2 Å². The molecular weight excluding hydrogens is 318 g/mol. The van der Waals surface area contributed by atoms with Gasteiger partial charge in [-0.05, 0) is 18.6 Å². The van der Waals surface area contributed by atoms with Gasteiger partial charge in [0, 0.05) is 34.9 Å². The topological polar surface area (TPSA) is 132 Å². The van der Waals surface area contributed by atoms with Gasteiger partial charge in [-0.25, -0.2) is 13.1 Å². The van der Waals surface area contributed by atoms with E-state index in [-0.39, 0.29) is 22.4 Å². The van der Waals surface area contributed by atoms with Crippen LogP contribution in [-0.2, 0) is 20.8 Å². The van der Waals surface area contributed by atoms with Crippen LogP contribution < -0.4 is 10.5 Å². The molecule has 2 atom stereocenters. The van der Waals surface area contributed by atoms with Gasteiger partial charge < -0.3 is 5.73 Å². The van der Waals surface area contributed by atoms with Gasteiger partial charge >= 0.3 is 0 Å². The first-order chi connectivity index (χ1) is 9.65. The molecule has 0 aliphatic carbocycles. The largest absolute Gasteiger partial charge is 0.393 e. The molecule has 0 amide bonds. The molecule has 0 saturated carbocycles. The molecule has 10 heteroatoms. The molecule has 3 N–H and O–H groups in total. The Bertz CT molecular complexity index is 660. The second-order valence-electron chi connectivity index (χ2n) is 4.47. The molecule has 2 unspecified atom stereocenters. The molecule has 1 rings (SSSR count). The van der Waals surface area contributed by atoms with Crippen molar-refractivity contribution in [3.8, 4) is 0 Å². The van der Waals surface area contributed by atoms with Crippen molar-refractivity contribution in [3.05, 3.63) is 28.3 Å². The second kappa shape index (κ2) is 6.96. The molecule has 0 saturated heterocycles. The summed E-state index contributed by atoms with van der Waals surface area (Å²) in [5.74, 6) is 0. The highest BCUT2D eigenvalue weighted by Crippen LogP contribution is 2.24. The first kappa shape index (κ1) is 17.5. The molecule has 0 spiro atoms. The first-order valence-electron chi connectivity index (χ1n) is 6.01. The Kier molecular flexibility index (Phi) is 5.81. The van der Waals surface area contributed by atoms with Crippen LogP contribution in [0.4, 0.5) is 11.4 Å². The summed E-state index contributed by atoms with van der Waals surface area (Å²) in [4.78, 5) is 9.79. The van der Waals surface area contributed by atoms with Crippen LogP contribution in [0.1, 0.15) is 13.3 Å². The minimum atomic E-state index is -3.86. The average molecular weight is 335 g/mol. The maximum absolute atomic E-state index is 12.0. The van der Waals surface area contributed by atoms with Crippen molar-refractivity contribution in [1.29, 1.82) is 0 Å². The highest BCUT2D eigenvalue weighted by Gasteiger charge is 2.20. The smallest absolute Gasteiger partial charge is 0.293 e. The number of sulfonamides is 1. The Labute approximate surface area is 125 Å². The first-order valence-corrected chi connectivity index (χ1v) is 9.11. The zero-order valence-corrected chi connectivity index (χ0v) is 13.2. The molecule has 0 aliphatic rings. The van der Waals surface area contributed by atoms with Crippen molar-refractivity contribution < 1.29 is 17.6 Å². The number of nitrogen functional groups attached to an aromatic ring is 1. The Hall–Kier alpha value is -1.52. The monoisotopic (exact) mass is 335 g/mol. The minimum Gasteiger partial charge on any atom is -0.393 e. The van der Waals surface area contributed by atoms with Crippen molar-refractivity contribution >= 4 is 32.2 Å². The third-order valence-corrected chi connectivity index (χ3v) is 5.75. The van der Waals surface area contributed by atoms with Crippen LogP contribution in [0.5, 0.6) is 0 Å². The number of anilines is 1. The Balaban J connectivity index is 2.86. The zero-order valence-electron chi connectivity index (χ0n) is 11.6. The summed E-state index contributed by atoms with van der Waals surface area (Å²) in [6, 6.07) is 3.29. The molecule has 0 aliphatic heterocycles. The predicted molar refractivity (Wildman–Crippen MR) is 80.8 cm³/mol. The number of nitrogens with one attached hydrogen (secondary N) is 1. The number of hydrogen-bond donors (Lipinski definition) is 2. The van der Waals surface area contributed by atoms with Crippen molar-refractivity contribution in [2.45, 2.75) is 23.5 Å². The van der Waals surface area contributed by atoms with Crippen LogP contribution in [0.25, 0.3) is 0 Å². The molecule has 0 heterocycles. The third-order valence-electron chi connectivity index (χ3n) is 2.92. The summed E-state index contributed by atoms with van der Waals surface area (Å²) < 4.78 is 37.5. The summed E-state index contributed by atoms with van der Waals surface area (Å²) in [7, 11) is -4.90. The van der Waals surface area contributed by atoms with Crippen molar-refractivity contribution in [2.24, 2.45) is 0 Å². The van der Waals surface area contributed by atoms with Crippen LogP contribution in [-0.4, -0.2) is 35.6 Å². The van der Waals surface area contributed by atoms with Crippen molar-refractivity contribution in [2.75, 3.05) is 18.5 Å². The van der Waals surface area contributed by atoms with Crippen LogP contribution in [0, 0.1) is 10.1 Å². The van der Waals surface area contributed by atoms with Crippen molar-refractivity contribution in [1.82, 2.24) is 4.72 Å². The van der Waals surface area contributed by atoms with E-state index in [2.05, 4.69) is 4.72 Å². The highest BCUT2D eigenvalue weighted by molar-refractivity contribution is 7.89. The van der Waals surface area contributed by atoms with Gasteiger partial charge in [0.05, 0.1) is 9.82 Å². The number of rotatable bonds is 7. The number of nitrogens with zero attached hydrogens (tertiary/aromatic N) is 1. The number of hydrogen-bond acceptors (Lipinski definition) is 6. The molecule has 118 valence electrons. The maximum atomic E-state index is 12.0. The van der Waals surface area contributed by atoms with Gasteiger partial charge in [-0.2, -0.15) is 0 Å². The third kappa shape index (κ3) is 4.76. The lowest BCUT2D eigenvalue weighted by atomic mass is 10.3. The van der Waals surface area contributed by atoms with Gasteiger partial charge in [-0.3, -0.25) is 14.3 Å². The summed E-state index contributed by atoms with van der Waals surface area (Å²) in [5.41, 5.74) is 4.86. The quantitative estimate of drug-likeness (QED) is 0.426. The maximum Gasteiger partial charge on any atom is 0.293 e. The van der Waals surface area contributed by atoms with E-state index in [0.717, 1.165) is 6.07 Å².